The van der Waals surface area contributed by atoms with Crippen LogP contribution < -0.4 is 5.32 Å². The van der Waals surface area contributed by atoms with Crippen molar-refractivity contribution in [1.82, 2.24) is 5.32 Å². The highest BCUT2D eigenvalue weighted by atomic mass is 35.5. The highest BCUT2D eigenvalue weighted by Gasteiger charge is 2.45. The van der Waals surface area contributed by atoms with Gasteiger partial charge in [0.2, 0.25) is 0 Å². The van der Waals surface area contributed by atoms with Crippen LogP contribution in [0.3, 0.4) is 0 Å². The van der Waals surface area contributed by atoms with E-state index in [2.05, 4.69) is 5.32 Å². The highest BCUT2D eigenvalue weighted by molar-refractivity contribution is 5.85. The van der Waals surface area contributed by atoms with Gasteiger partial charge in [-0.1, -0.05) is 0 Å². The average Bonchev–Trinajstić information content (AvgIpc) is 2.29. The zero-order valence-corrected chi connectivity index (χ0v) is 9.08. The fourth-order valence-corrected chi connectivity index (χ4v) is 2.01. The van der Waals surface area contributed by atoms with Crippen LogP contribution in [0.1, 0.15) is 26.7 Å². The largest absolute Gasteiger partial charge is 0.347 e. The second-order valence-electron chi connectivity index (χ2n) is 4.22. The molecule has 0 aromatic rings. The van der Waals surface area contributed by atoms with Crippen molar-refractivity contribution in [3.8, 4) is 0 Å². The Kier molecular flexibility index (Phi) is 3.23. The second kappa shape index (κ2) is 3.73. The summed E-state index contributed by atoms with van der Waals surface area (Å²) >= 11 is 0. The number of halogens is 1. The maximum atomic E-state index is 5.92. The fourth-order valence-electron chi connectivity index (χ4n) is 2.01. The van der Waals surface area contributed by atoms with Crippen molar-refractivity contribution in [2.24, 2.45) is 0 Å². The van der Waals surface area contributed by atoms with Crippen molar-refractivity contribution in [1.29, 1.82) is 0 Å². The number of nitrogens with one attached hydrogen (secondary N) is 1. The normalized spacial score (nSPS) is 30.0. The molecular formula is C9H18ClNO2. The van der Waals surface area contributed by atoms with Gasteiger partial charge in [-0.3, -0.25) is 0 Å². The Morgan fingerprint density at radius 3 is 2.23 bits per heavy atom. The SMILES string of the molecule is CC1(C)OCC2(CCNCC2)O1.Cl. The molecular weight excluding hydrogens is 190 g/mol. The van der Waals surface area contributed by atoms with Crippen LogP contribution in [-0.4, -0.2) is 31.1 Å². The number of hydrogen-bond donors (Lipinski definition) is 1. The van der Waals surface area contributed by atoms with Gasteiger partial charge in [0.1, 0.15) is 0 Å². The van der Waals surface area contributed by atoms with E-state index in [0.717, 1.165) is 32.5 Å². The van der Waals surface area contributed by atoms with E-state index >= 15 is 0 Å². The first kappa shape index (κ1) is 11.2. The molecule has 3 nitrogen and oxygen atoms in total. The zero-order chi connectivity index (χ0) is 8.66. The molecule has 13 heavy (non-hydrogen) atoms. The van der Waals surface area contributed by atoms with E-state index in [-0.39, 0.29) is 23.8 Å². The Morgan fingerprint density at radius 1 is 1.15 bits per heavy atom. The van der Waals surface area contributed by atoms with Gasteiger partial charge in [0, 0.05) is 0 Å². The molecule has 2 saturated heterocycles. The molecule has 1 spiro atoms. The van der Waals surface area contributed by atoms with Crippen molar-refractivity contribution in [3.63, 3.8) is 0 Å². The van der Waals surface area contributed by atoms with Crippen LogP contribution in [0, 0.1) is 0 Å². The number of ether oxygens (including phenoxy) is 2. The molecule has 0 aromatic heterocycles. The molecule has 0 bridgehead atoms. The van der Waals surface area contributed by atoms with Crippen molar-refractivity contribution < 1.29 is 9.47 Å². The molecule has 2 heterocycles. The maximum absolute atomic E-state index is 5.92. The third kappa shape index (κ3) is 2.34. The van der Waals surface area contributed by atoms with Crippen LogP contribution >= 0.6 is 12.4 Å². The van der Waals surface area contributed by atoms with E-state index in [9.17, 15) is 0 Å². The quantitative estimate of drug-likeness (QED) is 0.650. The lowest BCUT2D eigenvalue weighted by atomic mass is 9.93. The van der Waals surface area contributed by atoms with E-state index in [1.54, 1.807) is 0 Å². The summed E-state index contributed by atoms with van der Waals surface area (Å²) in [5.41, 5.74) is 0.0226. The molecule has 2 rings (SSSR count). The van der Waals surface area contributed by atoms with E-state index in [1.165, 1.54) is 0 Å². The number of hydrogen-bond acceptors (Lipinski definition) is 3. The van der Waals surface area contributed by atoms with Gasteiger partial charge in [0.25, 0.3) is 0 Å². The van der Waals surface area contributed by atoms with Crippen molar-refractivity contribution in [2.75, 3.05) is 19.7 Å². The fraction of sp³-hybridized carbons (Fsp3) is 1.00. The molecule has 2 aliphatic rings. The predicted molar refractivity (Wildman–Crippen MR) is 53.2 cm³/mol. The third-order valence-electron chi connectivity index (χ3n) is 2.66. The van der Waals surface area contributed by atoms with Gasteiger partial charge in [0.15, 0.2) is 5.79 Å². The Balaban J connectivity index is 0.000000845. The summed E-state index contributed by atoms with van der Waals surface area (Å²) in [7, 11) is 0. The molecule has 0 radical (unpaired) electrons. The first-order valence-corrected chi connectivity index (χ1v) is 4.67. The summed E-state index contributed by atoms with van der Waals surface area (Å²) in [5, 5.41) is 3.33. The Labute approximate surface area is 85.6 Å². The molecule has 0 aliphatic carbocycles. The van der Waals surface area contributed by atoms with Crippen molar-refractivity contribution in [2.45, 2.75) is 38.1 Å². The molecule has 1 N–H and O–H groups in total. The summed E-state index contributed by atoms with van der Waals surface area (Å²) in [6.07, 6.45) is 2.16. The summed E-state index contributed by atoms with van der Waals surface area (Å²) in [6, 6.07) is 0. The Morgan fingerprint density at radius 2 is 1.77 bits per heavy atom. The van der Waals surface area contributed by atoms with Crippen LogP contribution in [0.2, 0.25) is 0 Å². The predicted octanol–water partition coefficient (Wildman–Crippen LogP) is 1.31. The first-order chi connectivity index (χ1) is 5.62. The lowest BCUT2D eigenvalue weighted by Crippen LogP contribution is -2.44. The van der Waals surface area contributed by atoms with Gasteiger partial charge in [-0.2, -0.15) is 0 Å². The van der Waals surface area contributed by atoms with E-state index in [0.29, 0.717) is 0 Å². The first-order valence-electron chi connectivity index (χ1n) is 4.67. The molecule has 0 saturated carbocycles. The minimum absolute atomic E-state index is 0. The molecule has 0 unspecified atom stereocenters. The molecule has 2 fully saturated rings. The standard InChI is InChI=1S/C9H17NO2.ClH/c1-8(2)11-7-9(12-8)3-5-10-6-4-9;/h10H,3-7H2,1-2H3;1H. The summed E-state index contributed by atoms with van der Waals surface area (Å²) in [5.74, 6) is -0.364. The minimum atomic E-state index is -0.364. The highest BCUT2D eigenvalue weighted by Crippen LogP contribution is 2.36. The van der Waals surface area contributed by atoms with Gasteiger partial charge in [-0.25, -0.2) is 0 Å². The molecule has 0 atom stereocenters. The third-order valence-corrected chi connectivity index (χ3v) is 2.66. The molecule has 4 heteroatoms. The van der Waals surface area contributed by atoms with Crippen molar-refractivity contribution >= 4 is 12.4 Å². The van der Waals surface area contributed by atoms with Crippen molar-refractivity contribution in [3.05, 3.63) is 0 Å². The van der Waals surface area contributed by atoms with Crippen LogP contribution in [0.15, 0.2) is 0 Å². The summed E-state index contributed by atoms with van der Waals surface area (Å²) in [6.45, 7) is 6.86. The number of piperidine rings is 1. The van der Waals surface area contributed by atoms with Crippen LogP contribution in [0.25, 0.3) is 0 Å². The lowest BCUT2D eigenvalue weighted by molar-refractivity contribution is -0.165. The summed E-state index contributed by atoms with van der Waals surface area (Å²) < 4.78 is 11.5. The Hall–Kier alpha value is 0.170. The van der Waals surface area contributed by atoms with Gasteiger partial charge in [-0.05, 0) is 39.8 Å². The molecule has 0 aromatic carbocycles. The van der Waals surface area contributed by atoms with E-state index in [4.69, 9.17) is 9.47 Å². The topological polar surface area (TPSA) is 30.5 Å². The zero-order valence-electron chi connectivity index (χ0n) is 8.26. The van der Waals surface area contributed by atoms with Crippen LogP contribution in [0.4, 0.5) is 0 Å². The smallest absolute Gasteiger partial charge is 0.163 e. The maximum Gasteiger partial charge on any atom is 0.163 e. The van der Waals surface area contributed by atoms with Gasteiger partial charge < -0.3 is 14.8 Å². The van der Waals surface area contributed by atoms with E-state index in [1.807, 2.05) is 13.8 Å². The van der Waals surface area contributed by atoms with Gasteiger partial charge >= 0.3 is 0 Å². The summed E-state index contributed by atoms with van der Waals surface area (Å²) in [4.78, 5) is 0. The average molecular weight is 208 g/mol. The molecule has 2 aliphatic heterocycles. The lowest BCUT2D eigenvalue weighted by Gasteiger charge is -2.33. The minimum Gasteiger partial charge on any atom is -0.347 e. The van der Waals surface area contributed by atoms with Gasteiger partial charge in [0.05, 0.1) is 12.2 Å². The van der Waals surface area contributed by atoms with Gasteiger partial charge in [-0.15, -0.1) is 12.4 Å². The Bertz CT molecular complexity index is 178. The van der Waals surface area contributed by atoms with Crippen LogP contribution in [-0.2, 0) is 9.47 Å². The van der Waals surface area contributed by atoms with E-state index < -0.39 is 0 Å². The number of rotatable bonds is 0. The molecule has 78 valence electrons. The second-order valence-corrected chi connectivity index (χ2v) is 4.22. The molecule has 0 amide bonds. The van der Waals surface area contributed by atoms with Crippen LogP contribution in [0.5, 0.6) is 0 Å². The monoisotopic (exact) mass is 207 g/mol.